The number of aromatic hydroxyl groups is 1. The van der Waals surface area contributed by atoms with Crippen LogP contribution < -0.4 is 0 Å². The van der Waals surface area contributed by atoms with Gasteiger partial charge >= 0.3 is 0 Å². The van der Waals surface area contributed by atoms with E-state index in [2.05, 4.69) is 10.2 Å². The van der Waals surface area contributed by atoms with Crippen molar-refractivity contribution >= 4 is 22.5 Å². The lowest BCUT2D eigenvalue weighted by molar-refractivity contribution is 0.0995. The summed E-state index contributed by atoms with van der Waals surface area (Å²) >= 11 is 0. The van der Waals surface area contributed by atoms with Crippen LogP contribution >= 0.6 is 0 Å². The average molecular weight is 373 g/mol. The molecule has 0 atom stereocenters. The lowest BCUT2D eigenvalue weighted by atomic mass is 10.2. The summed E-state index contributed by atoms with van der Waals surface area (Å²) in [6.45, 7) is 0.256. The van der Waals surface area contributed by atoms with E-state index in [1.807, 2.05) is 18.2 Å². The molecular formula is C22H16FN3O2. The molecule has 4 rings (SSSR count). The SMILES string of the molecule is O=C(N=Nc1c(O)n(Cc2cccc(F)c2)c2ccccc12)c1ccccc1. The molecule has 4 aromatic rings. The predicted molar refractivity (Wildman–Crippen MR) is 104 cm³/mol. The molecular weight excluding hydrogens is 357 g/mol. The molecule has 6 heteroatoms. The van der Waals surface area contributed by atoms with Gasteiger partial charge in [0.25, 0.3) is 5.91 Å². The molecule has 5 nitrogen and oxygen atoms in total. The minimum absolute atomic E-state index is 0.130. The van der Waals surface area contributed by atoms with Gasteiger partial charge in [0.15, 0.2) is 5.69 Å². The van der Waals surface area contributed by atoms with Gasteiger partial charge < -0.3 is 9.67 Å². The van der Waals surface area contributed by atoms with Crippen LogP contribution in [0.2, 0.25) is 0 Å². The summed E-state index contributed by atoms with van der Waals surface area (Å²) in [5.74, 6) is -0.973. The first-order chi connectivity index (χ1) is 13.6. The molecule has 28 heavy (non-hydrogen) atoms. The Bertz CT molecular complexity index is 1180. The Kier molecular flexibility index (Phi) is 4.68. The molecule has 1 heterocycles. The molecule has 3 aromatic carbocycles. The number of benzene rings is 3. The number of fused-ring (bicyclic) bond motifs is 1. The Labute approximate surface area is 160 Å². The molecule has 0 aliphatic carbocycles. The molecule has 0 fully saturated rings. The molecule has 0 unspecified atom stereocenters. The summed E-state index contributed by atoms with van der Waals surface area (Å²) in [5, 5.41) is 19.2. The zero-order valence-electron chi connectivity index (χ0n) is 14.8. The smallest absolute Gasteiger partial charge is 0.295 e. The third kappa shape index (κ3) is 3.40. The molecule has 0 radical (unpaired) electrons. The quantitative estimate of drug-likeness (QED) is 0.483. The van der Waals surface area contributed by atoms with E-state index in [0.717, 1.165) is 0 Å². The summed E-state index contributed by atoms with van der Waals surface area (Å²) in [4.78, 5) is 12.2. The van der Waals surface area contributed by atoms with Gasteiger partial charge in [0, 0.05) is 10.9 Å². The second kappa shape index (κ2) is 7.44. The molecule has 1 aromatic heterocycles. The fraction of sp³-hybridized carbons (Fsp3) is 0.0455. The number of amides is 1. The van der Waals surface area contributed by atoms with Crippen molar-refractivity contribution in [2.75, 3.05) is 0 Å². The number of nitrogens with zero attached hydrogens (tertiary/aromatic N) is 3. The highest BCUT2D eigenvalue weighted by Crippen LogP contribution is 2.39. The Morgan fingerprint density at radius 1 is 0.964 bits per heavy atom. The van der Waals surface area contributed by atoms with E-state index in [0.29, 0.717) is 22.0 Å². The molecule has 0 saturated carbocycles. The van der Waals surface area contributed by atoms with Gasteiger partial charge in [0.2, 0.25) is 5.88 Å². The number of hydrogen-bond acceptors (Lipinski definition) is 3. The molecule has 0 aliphatic rings. The van der Waals surface area contributed by atoms with Crippen molar-refractivity contribution in [1.82, 2.24) is 4.57 Å². The fourth-order valence-electron chi connectivity index (χ4n) is 3.08. The van der Waals surface area contributed by atoms with Crippen LogP contribution in [0.15, 0.2) is 89.1 Å². The highest BCUT2D eigenvalue weighted by molar-refractivity contribution is 5.97. The summed E-state index contributed by atoms with van der Waals surface area (Å²) in [6, 6.07) is 22.0. The molecule has 0 saturated heterocycles. The second-order valence-electron chi connectivity index (χ2n) is 6.28. The molecule has 0 bridgehead atoms. The van der Waals surface area contributed by atoms with Crippen molar-refractivity contribution in [1.29, 1.82) is 0 Å². The Hall–Kier alpha value is -3.80. The van der Waals surface area contributed by atoms with E-state index < -0.39 is 5.91 Å². The van der Waals surface area contributed by atoms with Crippen molar-refractivity contribution in [3.63, 3.8) is 0 Å². The molecule has 1 N–H and O–H groups in total. The van der Waals surface area contributed by atoms with E-state index >= 15 is 0 Å². The Balaban J connectivity index is 1.74. The van der Waals surface area contributed by atoms with Crippen LogP contribution in [0, 0.1) is 5.82 Å². The topological polar surface area (TPSA) is 66.9 Å². The van der Waals surface area contributed by atoms with E-state index in [-0.39, 0.29) is 23.9 Å². The summed E-state index contributed by atoms with van der Waals surface area (Å²) in [5.41, 5.74) is 2.02. The normalized spacial score (nSPS) is 11.3. The van der Waals surface area contributed by atoms with Gasteiger partial charge in [-0.2, -0.15) is 0 Å². The highest BCUT2D eigenvalue weighted by atomic mass is 19.1. The minimum Gasteiger partial charge on any atom is -0.493 e. The van der Waals surface area contributed by atoms with Crippen LogP contribution in [0.5, 0.6) is 5.88 Å². The van der Waals surface area contributed by atoms with Crippen molar-refractivity contribution in [2.24, 2.45) is 10.2 Å². The van der Waals surface area contributed by atoms with Crippen LogP contribution in [0.25, 0.3) is 10.9 Å². The van der Waals surface area contributed by atoms with Gasteiger partial charge in [-0.1, -0.05) is 48.5 Å². The van der Waals surface area contributed by atoms with E-state index in [1.54, 1.807) is 53.1 Å². The number of halogens is 1. The Morgan fingerprint density at radius 2 is 1.71 bits per heavy atom. The highest BCUT2D eigenvalue weighted by Gasteiger charge is 2.17. The van der Waals surface area contributed by atoms with Crippen molar-refractivity contribution in [3.8, 4) is 5.88 Å². The van der Waals surface area contributed by atoms with Gasteiger partial charge in [-0.15, -0.1) is 10.2 Å². The largest absolute Gasteiger partial charge is 0.493 e. The minimum atomic E-state index is -0.498. The second-order valence-corrected chi connectivity index (χ2v) is 6.28. The number of aromatic nitrogens is 1. The number of azo groups is 1. The Morgan fingerprint density at radius 3 is 2.50 bits per heavy atom. The summed E-state index contributed by atoms with van der Waals surface area (Å²) in [7, 11) is 0. The zero-order chi connectivity index (χ0) is 19.5. The zero-order valence-corrected chi connectivity index (χ0v) is 14.8. The summed E-state index contributed by atoms with van der Waals surface area (Å²) < 4.78 is 15.1. The van der Waals surface area contributed by atoms with E-state index in [9.17, 15) is 14.3 Å². The maximum absolute atomic E-state index is 13.5. The standard InChI is InChI=1S/C22H16FN3O2/c23-17-10-6-7-15(13-17)14-26-19-12-5-4-11-18(19)20(22(26)28)24-25-21(27)16-8-2-1-3-9-16/h1-13,28H,14H2. The van der Waals surface area contributed by atoms with Crippen LogP contribution in [0.4, 0.5) is 10.1 Å². The first-order valence-corrected chi connectivity index (χ1v) is 8.69. The number of carbonyl (C=O) groups is 1. The molecule has 1 amide bonds. The first kappa shape index (κ1) is 17.6. The van der Waals surface area contributed by atoms with Crippen LogP contribution in [-0.2, 0) is 6.54 Å². The average Bonchev–Trinajstić information content (AvgIpc) is 2.98. The van der Waals surface area contributed by atoms with E-state index in [4.69, 9.17) is 0 Å². The third-order valence-corrected chi connectivity index (χ3v) is 4.41. The first-order valence-electron chi connectivity index (χ1n) is 8.69. The lowest BCUT2D eigenvalue weighted by Gasteiger charge is -2.07. The monoisotopic (exact) mass is 373 g/mol. The van der Waals surface area contributed by atoms with Crippen molar-refractivity contribution in [2.45, 2.75) is 6.54 Å². The number of carbonyl (C=O) groups excluding carboxylic acids is 1. The van der Waals surface area contributed by atoms with Gasteiger partial charge in [-0.3, -0.25) is 4.79 Å². The van der Waals surface area contributed by atoms with E-state index in [1.165, 1.54) is 12.1 Å². The molecule has 0 spiro atoms. The number of hydrogen-bond donors (Lipinski definition) is 1. The van der Waals surface area contributed by atoms with Crippen molar-refractivity contribution in [3.05, 3.63) is 95.8 Å². The maximum atomic E-state index is 13.5. The predicted octanol–water partition coefficient (Wildman–Crippen LogP) is 5.46. The fourth-order valence-corrected chi connectivity index (χ4v) is 3.08. The molecule has 138 valence electrons. The lowest BCUT2D eigenvalue weighted by Crippen LogP contribution is -1.99. The van der Waals surface area contributed by atoms with Gasteiger partial charge in [-0.25, -0.2) is 4.39 Å². The van der Waals surface area contributed by atoms with Crippen molar-refractivity contribution < 1.29 is 14.3 Å². The van der Waals surface area contributed by atoms with Gasteiger partial charge in [0.1, 0.15) is 5.82 Å². The summed E-state index contributed by atoms with van der Waals surface area (Å²) in [6.07, 6.45) is 0. The van der Waals surface area contributed by atoms with Crippen LogP contribution in [0.3, 0.4) is 0 Å². The van der Waals surface area contributed by atoms with Crippen LogP contribution in [-0.4, -0.2) is 15.6 Å². The number of para-hydroxylation sites is 1. The van der Waals surface area contributed by atoms with Gasteiger partial charge in [-0.05, 0) is 35.9 Å². The number of rotatable bonds is 4. The van der Waals surface area contributed by atoms with Crippen LogP contribution in [0.1, 0.15) is 15.9 Å². The van der Waals surface area contributed by atoms with Gasteiger partial charge in [0.05, 0.1) is 12.1 Å². The molecule has 0 aliphatic heterocycles. The maximum Gasteiger partial charge on any atom is 0.295 e. The third-order valence-electron chi connectivity index (χ3n) is 4.41.